The number of methoxy groups -OCH3 is 1. The predicted molar refractivity (Wildman–Crippen MR) is 103 cm³/mol. The molecule has 1 N–H and O–H groups in total. The van der Waals surface area contributed by atoms with Crippen LogP contribution in [0.1, 0.15) is 31.2 Å². The van der Waals surface area contributed by atoms with Gasteiger partial charge >= 0.3 is 0 Å². The number of aliphatic hydroxyl groups excluding tert-OH is 1. The highest BCUT2D eigenvalue weighted by molar-refractivity contribution is 6.35. The number of aliphatic hydroxyl groups is 1. The third-order valence-corrected chi connectivity index (χ3v) is 5.85. The van der Waals surface area contributed by atoms with Crippen LogP contribution in [0.25, 0.3) is 11.5 Å². The fourth-order valence-electron chi connectivity index (χ4n) is 4.03. The molecule has 1 aromatic carbocycles. The highest BCUT2D eigenvalue weighted by Crippen LogP contribution is 2.54. The Morgan fingerprint density at radius 3 is 2.93 bits per heavy atom. The molecule has 2 atom stereocenters. The van der Waals surface area contributed by atoms with Gasteiger partial charge in [-0.1, -0.05) is 23.7 Å². The number of hydrogen-bond acceptors (Lipinski definition) is 7. The third kappa shape index (κ3) is 2.93. The smallest absolute Gasteiger partial charge is 0.259 e. The van der Waals surface area contributed by atoms with Crippen LogP contribution in [0.2, 0.25) is 5.02 Å². The predicted octanol–water partition coefficient (Wildman–Crippen LogP) is 3.70. The number of aromatic nitrogens is 2. The summed E-state index contributed by atoms with van der Waals surface area (Å²) in [6.45, 7) is 3.95. The Kier molecular flexibility index (Phi) is 4.97. The van der Waals surface area contributed by atoms with Crippen molar-refractivity contribution >= 4 is 11.6 Å². The SMILES string of the molecule is COC1=CCC[C@@H](C)[C@@]12Cc1c(OCCO)cc(-c3nc(C)no3)c(Cl)c1O2. The van der Waals surface area contributed by atoms with Crippen LogP contribution < -0.4 is 9.47 Å². The van der Waals surface area contributed by atoms with E-state index in [2.05, 4.69) is 23.1 Å². The van der Waals surface area contributed by atoms with Crippen molar-refractivity contribution in [3.05, 3.63) is 34.3 Å². The lowest BCUT2D eigenvalue weighted by Crippen LogP contribution is -2.45. The summed E-state index contributed by atoms with van der Waals surface area (Å²) in [6, 6.07) is 1.77. The van der Waals surface area contributed by atoms with Crippen molar-refractivity contribution in [3.63, 3.8) is 0 Å². The highest BCUT2D eigenvalue weighted by Gasteiger charge is 2.51. The van der Waals surface area contributed by atoms with Crippen LogP contribution in [0.3, 0.4) is 0 Å². The molecule has 2 aliphatic rings. The van der Waals surface area contributed by atoms with Crippen LogP contribution >= 0.6 is 11.6 Å². The van der Waals surface area contributed by atoms with Gasteiger partial charge in [0.05, 0.1) is 24.3 Å². The second kappa shape index (κ2) is 7.29. The molecule has 1 aliphatic heterocycles. The van der Waals surface area contributed by atoms with Gasteiger partial charge in [-0.15, -0.1) is 0 Å². The number of rotatable bonds is 5. The highest BCUT2D eigenvalue weighted by atomic mass is 35.5. The number of ether oxygens (including phenoxy) is 3. The lowest BCUT2D eigenvalue weighted by atomic mass is 9.77. The first kappa shape index (κ1) is 19.1. The molecule has 0 bridgehead atoms. The van der Waals surface area contributed by atoms with Gasteiger partial charge in [0.2, 0.25) is 0 Å². The molecule has 0 saturated carbocycles. The van der Waals surface area contributed by atoms with E-state index in [9.17, 15) is 5.11 Å². The van der Waals surface area contributed by atoms with Crippen molar-refractivity contribution in [1.82, 2.24) is 10.1 Å². The molecule has 7 nitrogen and oxygen atoms in total. The quantitative estimate of drug-likeness (QED) is 0.809. The lowest BCUT2D eigenvalue weighted by Gasteiger charge is -2.38. The zero-order chi connectivity index (χ0) is 19.9. The van der Waals surface area contributed by atoms with E-state index in [-0.39, 0.29) is 19.1 Å². The number of halogens is 1. The molecule has 1 aromatic heterocycles. The number of aryl methyl sites for hydroxylation is 1. The van der Waals surface area contributed by atoms with Gasteiger partial charge in [-0.05, 0) is 31.9 Å². The molecule has 0 fully saturated rings. The minimum atomic E-state index is -0.625. The average molecular weight is 407 g/mol. The second-order valence-electron chi connectivity index (χ2n) is 7.18. The Bertz CT molecular complexity index is 926. The maximum Gasteiger partial charge on any atom is 0.259 e. The fraction of sp³-hybridized carbons (Fsp3) is 0.500. The summed E-state index contributed by atoms with van der Waals surface area (Å²) < 4.78 is 23.3. The van der Waals surface area contributed by atoms with Gasteiger partial charge in [0.1, 0.15) is 23.9 Å². The molecule has 2 heterocycles. The topological polar surface area (TPSA) is 86.8 Å². The maximum absolute atomic E-state index is 9.23. The van der Waals surface area contributed by atoms with Crippen molar-refractivity contribution in [2.75, 3.05) is 20.3 Å². The number of benzene rings is 1. The van der Waals surface area contributed by atoms with E-state index in [1.807, 2.05) is 0 Å². The Labute approximate surface area is 168 Å². The van der Waals surface area contributed by atoms with Crippen molar-refractivity contribution in [1.29, 1.82) is 0 Å². The van der Waals surface area contributed by atoms with E-state index in [0.29, 0.717) is 40.2 Å². The molecule has 1 aliphatic carbocycles. The molecule has 2 aromatic rings. The first-order valence-corrected chi connectivity index (χ1v) is 9.71. The first-order chi connectivity index (χ1) is 13.5. The van der Waals surface area contributed by atoms with Gasteiger partial charge in [-0.3, -0.25) is 0 Å². The van der Waals surface area contributed by atoms with Crippen LogP contribution in [0.4, 0.5) is 0 Å². The zero-order valence-corrected chi connectivity index (χ0v) is 16.9. The number of hydrogen-bond donors (Lipinski definition) is 1. The summed E-state index contributed by atoms with van der Waals surface area (Å²) in [7, 11) is 1.66. The molecular formula is C20H23ClN2O5. The molecule has 0 amide bonds. The lowest BCUT2D eigenvalue weighted by molar-refractivity contribution is 0.00898. The van der Waals surface area contributed by atoms with Crippen LogP contribution in [0, 0.1) is 12.8 Å². The molecule has 1 spiro atoms. The van der Waals surface area contributed by atoms with Gasteiger partial charge in [-0.2, -0.15) is 4.98 Å². The molecule has 0 saturated heterocycles. The van der Waals surface area contributed by atoms with E-state index in [4.69, 9.17) is 30.3 Å². The molecular weight excluding hydrogens is 384 g/mol. The fourth-order valence-corrected chi connectivity index (χ4v) is 4.32. The largest absolute Gasteiger partial charge is 0.497 e. The van der Waals surface area contributed by atoms with E-state index in [0.717, 1.165) is 24.2 Å². The van der Waals surface area contributed by atoms with E-state index >= 15 is 0 Å². The van der Waals surface area contributed by atoms with Crippen LogP contribution in [-0.2, 0) is 11.2 Å². The zero-order valence-electron chi connectivity index (χ0n) is 16.1. The summed E-state index contributed by atoms with van der Waals surface area (Å²) in [5.74, 6) is 2.97. The Morgan fingerprint density at radius 2 is 2.25 bits per heavy atom. The molecule has 28 heavy (non-hydrogen) atoms. The summed E-state index contributed by atoms with van der Waals surface area (Å²) in [6.07, 6.45) is 4.59. The third-order valence-electron chi connectivity index (χ3n) is 5.48. The second-order valence-corrected chi connectivity index (χ2v) is 7.56. The molecule has 0 unspecified atom stereocenters. The number of fused-ring (bicyclic) bond motifs is 1. The van der Waals surface area contributed by atoms with E-state index in [1.165, 1.54) is 0 Å². The van der Waals surface area contributed by atoms with Gasteiger partial charge in [0, 0.05) is 17.9 Å². The van der Waals surface area contributed by atoms with Crippen LogP contribution in [0.15, 0.2) is 22.4 Å². The molecule has 8 heteroatoms. The first-order valence-electron chi connectivity index (χ1n) is 9.33. The van der Waals surface area contributed by atoms with E-state index in [1.54, 1.807) is 20.1 Å². The van der Waals surface area contributed by atoms with E-state index < -0.39 is 5.60 Å². The summed E-state index contributed by atoms with van der Waals surface area (Å²) >= 11 is 6.73. The monoisotopic (exact) mass is 406 g/mol. The summed E-state index contributed by atoms with van der Waals surface area (Å²) in [4.78, 5) is 4.28. The summed E-state index contributed by atoms with van der Waals surface area (Å²) in [5.41, 5.74) is 0.771. The number of nitrogens with zero attached hydrogens (tertiary/aromatic N) is 2. The maximum atomic E-state index is 9.23. The van der Waals surface area contributed by atoms with Gasteiger partial charge in [-0.25, -0.2) is 0 Å². The number of allylic oxidation sites excluding steroid dienone is 1. The Balaban J connectivity index is 1.85. The molecule has 4 rings (SSSR count). The standard InChI is InChI=1S/C20H23ClN2O5/c1-11-5-4-6-16(25-3)20(11)10-14-15(26-8-7-24)9-13(17(21)18(14)27-20)19-22-12(2)23-28-19/h6,9,11,24H,4-5,7-8,10H2,1-3H3/t11-,20+/m1/s1. The molecule has 150 valence electrons. The van der Waals surface area contributed by atoms with Crippen molar-refractivity contribution in [2.45, 2.75) is 38.7 Å². The van der Waals surface area contributed by atoms with Crippen LogP contribution in [0.5, 0.6) is 11.5 Å². The average Bonchev–Trinajstić information content (AvgIpc) is 3.29. The van der Waals surface area contributed by atoms with Crippen molar-refractivity contribution in [2.24, 2.45) is 5.92 Å². The normalized spacial score (nSPS) is 23.3. The Morgan fingerprint density at radius 1 is 1.43 bits per heavy atom. The van der Waals surface area contributed by atoms with Gasteiger partial charge < -0.3 is 23.8 Å². The summed E-state index contributed by atoms with van der Waals surface area (Å²) in [5, 5.41) is 13.5. The van der Waals surface area contributed by atoms with Crippen molar-refractivity contribution < 1.29 is 23.8 Å². The van der Waals surface area contributed by atoms with Crippen LogP contribution in [-0.4, -0.2) is 41.2 Å². The minimum absolute atomic E-state index is 0.0992. The van der Waals surface area contributed by atoms with Gasteiger partial charge in [0.15, 0.2) is 11.4 Å². The van der Waals surface area contributed by atoms with Gasteiger partial charge in [0.25, 0.3) is 5.89 Å². The molecule has 0 radical (unpaired) electrons. The Hall–Kier alpha value is -2.25. The van der Waals surface area contributed by atoms with Crippen molar-refractivity contribution in [3.8, 4) is 23.0 Å². The minimum Gasteiger partial charge on any atom is -0.497 e.